The number of fused-ring (bicyclic) bond motifs is 3. The zero-order valence-corrected chi connectivity index (χ0v) is 13.7. The molecule has 3 N–H and O–H groups in total. The van der Waals surface area contributed by atoms with E-state index in [0.29, 0.717) is 0 Å². The summed E-state index contributed by atoms with van der Waals surface area (Å²) in [6.45, 7) is 3.05. The second kappa shape index (κ2) is 5.26. The van der Waals surface area contributed by atoms with E-state index < -0.39 is 0 Å². The molecular formula is C18H23ClN2O. The lowest BCUT2D eigenvalue weighted by molar-refractivity contribution is -0.0677. The van der Waals surface area contributed by atoms with Crippen LogP contribution in [0.3, 0.4) is 0 Å². The van der Waals surface area contributed by atoms with Crippen LogP contribution in [0.15, 0.2) is 18.2 Å². The minimum Gasteiger partial charge on any atom is -0.392 e. The van der Waals surface area contributed by atoms with Gasteiger partial charge in [0.15, 0.2) is 0 Å². The molecule has 0 bridgehead atoms. The fraction of sp³-hybridized carbons (Fsp3) is 0.556. The van der Waals surface area contributed by atoms with Crippen molar-refractivity contribution in [3.63, 3.8) is 0 Å². The summed E-state index contributed by atoms with van der Waals surface area (Å²) in [5.41, 5.74) is 3.81. The SMILES string of the molecule is CCC(O)C1(C2NCCc3c2[nH]c2ccc(Cl)cc32)CCC1. The van der Waals surface area contributed by atoms with Crippen molar-refractivity contribution in [1.29, 1.82) is 0 Å². The third-order valence-electron chi connectivity index (χ3n) is 5.82. The quantitative estimate of drug-likeness (QED) is 0.802. The number of hydrogen-bond donors (Lipinski definition) is 3. The molecule has 3 nitrogen and oxygen atoms in total. The number of halogens is 1. The lowest BCUT2D eigenvalue weighted by Gasteiger charge is -2.52. The molecule has 2 heterocycles. The van der Waals surface area contributed by atoms with Gasteiger partial charge < -0.3 is 15.4 Å². The Hall–Kier alpha value is -1.03. The Kier molecular flexibility index (Phi) is 3.48. The van der Waals surface area contributed by atoms with Crippen LogP contribution in [0.5, 0.6) is 0 Å². The van der Waals surface area contributed by atoms with Gasteiger partial charge in [-0.1, -0.05) is 24.9 Å². The van der Waals surface area contributed by atoms with E-state index in [4.69, 9.17) is 11.6 Å². The normalized spacial score (nSPS) is 24.8. The Morgan fingerprint density at radius 2 is 2.23 bits per heavy atom. The third kappa shape index (κ3) is 1.96. The molecule has 0 spiro atoms. The average molecular weight is 319 g/mol. The monoisotopic (exact) mass is 318 g/mol. The molecule has 1 aromatic carbocycles. The average Bonchev–Trinajstić information content (AvgIpc) is 2.85. The summed E-state index contributed by atoms with van der Waals surface area (Å²) in [5, 5.41) is 16.4. The van der Waals surface area contributed by atoms with Crippen molar-refractivity contribution in [2.75, 3.05) is 6.54 Å². The lowest BCUT2D eigenvalue weighted by atomic mass is 9.58. The predicted molar refractivity (Wildman–Crippen MR) is 90.3 cm³/mol. The zero-order valence-electron chi connectivity index (χ0n) is 13.0. The molecule has 1 aromatic heterocycles. The maximum atomic E-state index is 10.7. The summed E-state index contributed by atoms with van der Waals surface area (Å²) in [4.78, 5) is 3.61. The summed E-state index contributed by atoms with van der Waals surface area (Å²) in [6.07, 6.45) is 5.03. The molecule has 0 saturated heterocycles. The molecule has 0 radical (unpaired) electrons. The minimum atomic E-state index is -0.236. The maximum Gasteiger partial charge on any atom is 0.0612 e. The van der Waals surface area contributed by atoms with Gasteiger partial charge in [0.2, 0.25) is 0 Å². The Balaban J connectivity index is 1.84. The number of benzene rings is 1. The number of nitrogens with one attached hydrogen (secondary N) is 2. The van der Waals surface area contributed by atoms with Crippen LogP contribution in [0.25, 0.3) is 10.9 Å². The first-order valence-electron chi connectivity index (χ1n) is 8.37. The van der Waals surface area contributed by atoms with Gasteiger partial charge in [-0.25, -0.2) is 0 Å². The van der Waals surface area contributed by atoms with Gasteiger partial charge >= 0.3 is 0 Å². The molecule has 4 heteroatoms. The van der Waals surface area contributed by atoms with Gasteiger partial charge in [0.25, 0.3) is 0 Å². The second-order valence-corrected chi connectivity index (χ2v) is 7.29. The molecule has 22 heavy (non-hydrogen) atoms. The lowest BCUT2D eigenvalue weighted by Crippen LogP contribution is -2.52. The highest BCUT2D eigenvalue weighted by Gasteiger charge is 2.51. The van der Waals surface area contributed by atoms with E-state index in [1.54, 1.807) is 0 Å². The predicted octanol–water partition coefficient (Wildman–Crippen LogP) is 3.95. The van der Waals surface area contributed by atoms with E-state index in [1.807, 2.05) is 6.07 Å². The Labute approximate surface area is 136 Å². The summed E-state index contributed by atoms with van der Waals surface area (Å²) in [5.74, 6) is 0. The summed E-state index contributed by atoms with van der Waals surface area (Å²) in [6, 6.07) is 6.30. The van der Waals surface area contributed by atoms with Gasteiger partial charge in [-0.3, -0.25) is 0 Å². The van der Waals surface area contributed by atoms with Crippen molar-refractivity contribution in [3.8, 4) is 0 Å². The van der Waals surface area contributed by atoms with Gasteiger partial charge in [-0.05, 0) is 56.0 Å². The molecule has 2 aliphatic rings. The number of aromatic nitrogens is 1. The fourth-order valence-corrected chi connectivity index (χ4v) is 4.67. The van der Waals surface area contributed by atoms with Crippen LogP contribution in [-0.4, -0.2) is 22.7 Å². The van der Waals surface area contributed by atoms with Gasteiger partial charge in [-0.2, -0.15) is 0 Å². The van der Waals surface area contributed by atoms with Crippen LogP contribution in [0.4, 0.5) is 0 Å². The molecule has 1 fully saturated rings. The first-order chi connectivity index (χ1) is 10.7. The highest BCUT2D eigenvalue weighted by atomic mass is 35.5. The van der Waals surface area contributed by atoms with Gasteiger partial charge in [0, 0.05) is 27.0 Å². The van der Waals surface area contributed by atoms with Crippen molar-refractivity contribution < 1.29 is 5.11 Å². The van der Waals surface area contributed by atoms with E-state index >= 15 is 0 Å². The summed E-state index contributed by atoms with van der Waals surface area (Å²) >= 11 is 6.19. The van der Waals surface area contributed by atoms with Crippen molar-refractivity contribution >= 4 is 22.5 Å². The van der Waals surface area contributed by atoms with E-state index in [0.717, 1.165) is 42.8 Å². The number of rotatable bonds is 3. The largest absolute Gasteiger partial charge is 0.392 e. The molecule has 0 amide bonds. The van der Waals surface area contributed by atoms with Gasteiger partial charge in [0.1, 0.15) is 0 Å². The Morgan fingerprint density at radius 1 is 1.41 bits per heavy atom. The van der Waals surface area contributed by atoms with E-state index in [9.17, 15) is 5.11 Å². The van der Waals surface area contributed by atoms with Crippen molar-refractivity contribution in [2.45, 2.75) is 51.2 Å². The van der Waals surface area contributed by atoms with E-state index in [1.165, 1.54) is 23.1 Å². The first kappa shape index (κ1) is 14.6. The van der Waals surface area contributed by atoms with E-state index in [2.05, 4.69) is 29.4 Å². The van der Waals surface area contributed by atoms with Gasteiger partial charge in [-0.15, -0.1) is 0 Å². The Bertz CT molecular complexity index is 704. The molecule has 1 aliphatic carbocycles. The van der Waals surface area contributed by atoms with Crippen molar-refractivity contribution in [1.82, 2.24) is 10.3 Å². The smallest absolute Gasteiger partial charge is 0.0612 e. The molecule has 2 aromatic rings. The number of aromatic amines is 1. The molecular weight excluding hydrogens is 296 g/mol. The van der Waals surface area contributed by atoms with Crippen LogP contribution in [0, 0.1) is 5.41 Å². The number of aliphatic hydroxyl groups is 1. The van der Waals surface area contributed by atoms with Crippen LogP contribution in [0.2, 0.25) is 5.02 Å². The van der Waals surface area contributed by atoms with Crippen molar-refractivity contribution in [2.24, 2.45) is 5.41 Å². The molecule has 118 valence electrons. The van der Waals surface area contributed by atoms with Crippen molar-refractivity contribution in [3.05, 3.63) is 34.5 Å². The topological polar surface area (TPSA) is 48.0 Å². The molecule has 2 atom stereocenters. The minimum absolute atomic E-state index is 0.00537. The first-order valence-corrected chi connectivity index (χ1v) is 8.75. The van der Waals surface area contributed by atoms with Crippen LogP contribution >= 0.6 is 11.6 Å². The number of H-pyrrole nitrogens is 1. The highest BCUT2D eigenvalue weighted by Crippen LogP contribution is 2.55. The second-order valence-electron chi connectivity index (χ2n) is 6.86. The molecule has 1 aliphatic heterocycles. The maximum absolute atomic E-state index is 10.7. The van der Waals surface area contributed by atoms with Crippen LogP contribution in [-0.2, 0) is 6.42 Å². The standard InChI is InChI=1S/C18H23ClN2O/c1-2-15(22)18(7-3-8-18)17-16-12(6-9-20-17)13-10-11(19)4-5-14(13)21-16/h4-5,10,15,17,20-22H,2-3,6-9H2,1H3. The zero-order chi connectivity index (χ0) is 15.3. The molecule has 1 saturated carbocycles. The molecule has 2 unspecified atom stereocenters. The van der Waals surface area contributed by atoms with Crippen LogP contribution in [0.1, 0.15) is 49.9 Å². The molecule has 4 rings (SSSR count). The van der Waals surface area contributed by atoms with Gasteiger partial charge in [0.05, 0.1) is 12.1 Å². The highest BCUT2D eigenvalue weighted by molar-refractivity contribution is 6.31. The van der Waals surface area contributed by atoms with Crippen LogP contribution < -0.4 is 5.32 Å². The summed E-state index contributed by atoms with van der Waals surface area (Å²) < 4.78 is 0. The fourth-order valence-electron chi connectivity index (χ4n) is 4.50. The Morgan fingerprint density at radius 3 is 2.91 bits per heavy atom. The summed E-state index contributed by atoms with van der Waals surface area (Å²) in [7, 11) is 0. The van der Waals surface area contributed by atoms with E-state index in [-0.39, 0.29) is 17.6 Å². The number of hydrogen-bond acceptors (Lipinski definition) is 2. The number of aliphatic hydroxyl groups excluding tert-OH is 1. The third-order valence-corrected chi connectivity index (χ3v) is 6.06.